The number of nitrogens with zero attached hydrogens (tertiary/aromatic N) is 1. The van der Waals surface area contributed by atoms with E-state index >= 15 is 0 Å². The number of hydrogen-bond donors (Lipinski definition) is 2. The standard InChI is InChI=1S/C14H27N3O/c1-17-9-12(13(15)10-17)14(18)16-8-7-11-5-3-2-4-6-11/h11-13H,2-10,15H2,1H3,(H,16,18). The number of hydrogen-bond acceptors (Lipinski definition) is 3. The predicted molar refractivity (Wildman–Crippen MR) is 73.2 cm³/mol. The highest BCUT2D eigenvalue weighted by molar-refractivity contribution is 5.80. The Bertz CT molecular complexity index is 276. The Morgan fingerprint density at radius 1 is 1.28 bits per heavy atom. The average Bonchev–Trinajstić information content (AvgIpc) is 2.70. The second-order valence-electron chi connectivity index (χ2n) is 6.08. The molecule has 0 spiro atoms. The Morgan fingerprint density at radius 3 is 2.61 bits per heavy atom. The number of carbonyl (C=O) groups excluding carboxylic acids is 1. The van der Waals surface area contributed by atoms with E-state index in [4.69, 9.17) is 5.73 Å². The van der Waals surface area contributed by atoms with Crippen LogP contribution in [0.1, 0.15) is 38.5 Å². The molecule has 2 aliphatic rings. The first-order chi connectivity index (χ1) is 8.66. The van der Waals surface area contributed by atoms with Gasteiger partial charge in [-0.15, -0.1) is 0 Å². The minimum atomic E-state index is -0.0126. The SMILES string of the molecule is CN1CC(N)C(C(=O)NCCC2CCCCC2)C1. The lowest BCUT2D eigenvalue weighted by atomic mass is 9.87. The molecule has 18 heavy (non-hydrogen) atoms. The summed E-state index contributed by atoms with van der Waals surface area (Å²) in [6.07, 6.45) is 7.98. The fraction of sp³-hybridized carbons (Fsp3) is 0.929. The van der Waals surface area contributed by atoms with Gasteiger partial charge in [0.1, 0.15) is 0 Å². The van der Waals surface area contributed by atoms with Crippen LogP contribution < -0.4 is 11.1 Å². The van der Waals surface area contributed by atoms with E-state index < -0.39 is 0 Å². The molecule has 0 aromatic heterocycles. The molecule has 1 saturated heterocycles. The van der Waals surface area contributed by atoms with E-state index in [9.17, 15) is 4.79 Å². The second kappa shape index (κ2) is 6.53. The van der Waals surface area contributed by atoms with Crippen molar-refractivity contribution in [3.63, 3.8) is 0 Å². The van der Waals surface area contributed by atoms with Gasteiger partial charge < -0.3 is 16.0 Å². The molecule has 4 heteroatoms. The molecule has 0 aromatic rings. The summed E-state index contributed by atoms with van der Waals surface area (Å²) in [7, 11) is 2.02. The van der Waals surface area contributed by atoms with Gasteiger partial charge in [-0.25, -0.2) is 0 Å². The lowest BCUT2D eigenvalue weighted by Gasteiger charge is -2.22. The van der Waals surface area contributed by atoms with Crippen molar-refractivity contribution >= 4 is 5.91 Å². The summed E-state index contributed by atoms with van der Waals surface area (Å²) in [4.78, 5) is 14.2. The normalized spacial score (nSPS) is 30.6. The zero-order valence-electron chi connectivity index (χ0n) is 11.5. The Hall–Kier alpha value is -0.610. The molecule has 1 saturated carbocycles. The Morgan fingerprint density at radius 2 is 2.00 bits per heavy atom. The van der Waals surface area contributed by atoms with Crippen molar-refractivity contribution in [2.75, 3.05) is 26.7 Å². The van der Waals surface area contributed by atoms with Crippen LogP contribution in [0.5, 0.6) is 0 Å². The van der Waals surface area contributed by atoms with Gasteiger partial charge in [0.05, 0.1) is 5.92 Å². The monoisotopic (exact) mass is 253 g/mol. The molecule has 1 amide bonds. The van der Waals surface area contributed by atoms with Crippen molar-refractivity contribution in [1.82, 2.24) is 10.2 Å². The fourth-order valence-corrected chi connectivity index (χ4v) is 3.32. The second-order valence-corrected chi connectivity index (χ2v) is 6.08. The number of likely N-dealkylation sites (N-methyl/N-ethyl adjacent to an activating group) is 1. The number of nitrogens with two attached hydrogens (primary N) is 1. The van der Waals surface area contributed by atoms with Gasteiger partial charge in [0.2, 0.25) is 5.91 Å². The van der Waals surface area contributed by atoms with E-state index in [1.165, 1.54) is 32.1 Å². The number of carbonyl (C=O) groups is 1. The first-order valence-electron chi connectivity index (χ1n) is 7.38. The van der Waals surface area contributed by atoms with Gasteiger partial charge >= 0.3 is 0 Å². The van der Waals surface area contributed by atoms with Crippen LogP contribution in [0.2, 0.25) is 0 Å². The van der Waals surface area contributed by atoms with Crippen LogP contribution >= 0.6 is 0 Å². The summed E-state index contributed by atoms with van der Waals surface area (Å²) in [5, 5.41) is 3.08. The van der Waals surface area contributed by atoms with Crippen LogP contribution in [-0.2, 0) is 4.79 Å². The minimum absolute atomic E-state index is 0.00433. The molecule has 0 aromatic carbocycles. The molecular weight excluding hydrogens is 226 g/mol. The van der Waals surface area contributed by atoms with Crippen molar-refractivity contribution in [1.29, 1.82) is 0 Å². The number of nitrogens with one attached hydrogen (secondary N) is 1. The summed E-state index contributed by atoms with van der Waals surface area (Å²) >= 11 is 0. The molecule has 2 unspecified atom stereocenters. The van der Waals surface area contributed by atoms with Gasteiger partial charge in [-0.05, 0) is 19.4 Å². The van der Waals surface area contributed by atoms with Gasteiger partial charge in [-0.1, -0.05) is 32.1 Å². The molecular formula is C14H27N3O. The minimum Gasteiger partial charge on any atom is -0.356 e. The Balaban J connectivity index is 1.65. The molecule has 2 rings (SSSR count). The number of likely N-dealkylation sites (tertiary alicyclic amines) is 1. The van der Waals surface area contributed by atoms with Gasteiger partial charge in [0.25, 0.3) is 0 Å². The first kappa shape index (κ1) is 13.8. The largest absolute Gasteiger partial charge is 0.356 e. The van der Waals surface area contributed by atoms with Crippen LogP contribution in [0, 0.1) is 11.8 Å². The highest BCUT2D eigenvalue weighted by Crippen LogP contribution is 2.25. The highest BCUT2D eigenvalue weighted by atomic mass is 16.2. The Labute approximate surface area is 110 Å². The van der Waals surface area contributed by atoms with Gasteiger partial charge in [-0.2, -0.15) is 0 Å². The molecule has 1 aliphatic carbocycles. The molecule has 0 bridgehead atoms. The predicted octanol–water partition coefficient (Wildman–Crippen LogP) is 0.962. The third-order valence-corrected chi connectivity index (χ3v) is 4.46. The van der Waals surface area contributed by atoms with E-state index in [1.807, 2.05) is 7.05 Å². The van der Waals surface area contributed by atoms with Crippen LogP contribution in [0.25, 0.3) is 0 Å². The molecule has 2 atom stereocenters. The molecule has 3 N–H and O–H groups in total. The Kier molecular flexibility index (Phi) is 5.01. The highest BCUT2D eigenvalue weighted by Gasteiger charge is 2.33. The summed E-state index contributed by atoms with van der Waals surface area (Å²) in [5.41, 5.74) is 5.98. The lowest BCUT2D eigenvalue weighted by molar-refractivity contribution is -0.124. The average molecular weight is 253 g/mol. The van der Waals surface area contributed by atoms with Crippen LogP contribution in [-0.4, -0.2) is 43.5 Å². The van der Waals surface area contributed by atoms with Crippen LogP contribution in [0.4, 0.5) is 0 Å². The van der Waals surface area contributed by atoms with Crippen LogP contribution in [0.15, 0.2) is 0 Å². The third kappa shape index (κ3) is 3.69. The van der Waals surface area contributed by atoms with E-state index in [-0.39, 0.29) is 17.9 Å². The maximum Gasteiger partial charge on any atom is 0.226 e. The van der Waals surface area contributed by atoms with Crippen molar-refractivity contribution < 1.29 is 4.79 Å². The van der Waals surface area contributed by atoms with Crippen molar-refractivity contribution in [3.05, 3.63) is 0 Å². The molecule has 1 aliphatic heterocycles. The first-order valence-corrected chi connectivity index (χ1v) is 7.38. The van der Waals surface area contributed by atoms with Gasteiger partial charge in [0, 0.05) is 25.7 Å². The van der Waals surface area contributed by atoms with Crippen molar-refractivity contribution in [3.8, 4) is 0 Å². The summed E-state index contributed by atoms with van der Waals surface area (Å²) in [6.45, 7) is 2.47. The van der Waals surface area contributed by atoms with Crippen molar-refractivity contribution in [2.45, 2.75) is 44.6 Å². The summed E-state index contributed by atoms with van der Waals surface area (Å²) in [6, 6.07) is 0.00433. The zero-order chi connectivity index (χ0) is 13.0. The third-order valence-electron chi connectivity index (χ3n) is 4.46. The maximum absolute atomic E-state index is 12.0. The fourth-order valence-electron chi connectivity index (χ4n) is 3.32. The number of rotatable bonds is 4. The summed E-state index contributed by atoms with van der Waals surface area (Å²) in [5.74, 6) is 0.975. The van der Waals surface area contributed by atoms with E-state index in [1.54, 1.807) is 0 Å². The smallest absolute Gasteiger partial charge is 0.226 e. The zero-order valence-corrected chi connectivity index (χ0v) is 11.5. The quantitative estimate of drug-likeness (QED) is 0.784. The van der Waals surface area contributed by atoms with Gasteiger partial charge in [-0.3, -0.25) is 4.79 Å². The summed E-state index contributed by atoms with van der Waals surface area (Å²) < 4.78 is 0. The molecule has 104 valence electrons. The van der Waals surface area contributed by atoms with E-state index in [0.717, 1.165) is 32.0 Å². The molecule has 1 heterocycles. The molecule has 0 radical (unpaired) electrons. The lowest BCUT2D eigenvalue weighted by Crippen LogP contribution is -2.41. The van der Waals surface area contributed by atoms with E-state index in [2.05, 4.69) is 10.2 Å². The molecule has 2 fully saturated rings. The maximum atomic E-state index is 12.0. The van der Waals surface area contributed by atoms with Crippen molar-refractivity contribution in [2.24, 2.45) is 17.6 Å². The molecule has 4 nitrogen and oxygen atoms in total. The van der Waals surface area contributed by atoms with Gasteiger partial charge in [0.15, 0.2) is 0 Å². The topological polar surface area (TPSA) is 58.4 Å². The van der Waals surface area contributed by atoms with Crippen LogP contribution in [0.3, 0.4) is 0 Å². The van der Waals surface area contributed by atoms with E-state index in [0.29, 0.717) is 0 Å². The number of amides is 1.